The molecule has 0 aliphatic heterocycles. The molecule has 6 rings (SSSR count). The molecular weight excluding hydrogens is 432 g/mol. The van der Waals surface area contributed by atoms with Gasteiger partial charge in [0.25, 0.3) is 5.69 Å². The second-order valence-electron chi connectivity index (χ2n) is 10.2. The van der Waals surface area contributed by atoms with E-state index in [-0.39, 0.29) is 45.4 Å². The highest BCUT2D eigenvalue weighted by Crippen LogP contribution is 2.96. The lowest BCUT2D eigenvalue weighted by molar-refractivity contribution is -0.395. The van der Waals surface area contributed by atoms with Gasteiger partial charge in [0.05, 0.1) is 15.9 Å². The van der Waals surface area contributed by atoms with E-state index in [4.69, 9.17) is 4.74 Å². The van der Waals surface area contributed by atoms with E-state index in [1.807, 2.05) is 12.1 Å². The van der Waals surface area contributed by atoms with Crippen molar-refractivity contribution in [1.82, 2.24) is 0 Å². The van der Waals surface area contributed by atoms with Gasteiger partial charge in [-0.25, -0.2) is 0 Å². The molecule has 0 radical (unpaired) electrons. The quantitative estimate of drug-likeness (QED) is 0.344. The number of rotatable bonds is 6. The molecule has 3 aromatic rings. The van der Waals surface area contributed by atoms with Crippen LogP contribution in [0.2, 0.25) is 0 Å². The Hall–Kier alpha value is -3.74. The van der Waals surface area contributed by atoms with E-state index in [2.05, 4.69) is 62.4 Å². The Balaban J connectivity index is 1.41. The summed E-state index contributed by atoms with van der Waals surface area (Å²) in [5.74, 6) is 0.713. The van der Waals surface area contributed by atoms with Gasteiger partial charge in [0.2, 0.25) is 0 Å². The summed E-state index contributed by atoms with van der Waals surface area (Å²) >= 11 is 0. The fourth-order valence-electron chi connectivity index (χ4n) is 8.05. The topological polar surface area (TPSA) is 95.5 Å². The van der Waals surface area contributed by atoms with E-state index in [9.17, 15) is 20.2 Å². The van der Waals surface area contributed by atoms with Gasteiger partial charge in [-0.05, 0) is 34.9 Å². The minimum Gasteiger partial charge on any atom is -0.483 e. The maximum Gasteiger partial charge on any atom is 0.317 e. The maximum atomic E-state index is 11.6. The van der Waals surface area contributed by atoms with Crippen LogP contribution in [0.3, 0.4) is 0 Å². The third-order valence-electron chi connectivity index (χ3n) is 8.99. The zero-order valence-corrected chi connectivity index (χ0v) is 18.9. The third kappa shape index (κ3) is 2.18. The molecule has 172 valence electrons. The maximum absolute atomic E-state index is 11.6. The summed E-state index contributed by atoms with van der Waals surface area (Å²) < 4.78 is 6.26. The smallest absolute Gasteiger partial charge is 0.317 e. The van der Waals surface area contributed by atoms with Crippen molar-refractivity contribution in [3.63, 3.8) is 0 Å². The average Bonchev–Trinajstić information content (AvgIpc) is 3.21. The van der Waals surface area contributed by atoms with Gasteiger partial charge in [0.1, 0.15) is 6.10 Å². The van der Waals surface area contributed by atoms with Crippen molar-refractivity contribution >= 4 is 11.4 Å². The highest BCUT2D eigenvalue weighted by Gasteiger charge is 2.99. The molecule has 3 aliphatic rings. The lowest BCUT2D eigenvalue weighted by Crippen LogP contribution is -2.66. The number of nitro groups is 2. The number of hydrogen-bond acceptors (Lipinski definition) is 5. The molecule has 0 heterocycles. The normalized spacial score (nSPS) is 31.8. The summed E-state index contributed by atoms with van der Waals surface area (Å²) in [6.07, 6.45) is 0.607. The van der Waals surface area contributed by atoms with Gasteiger partial charge in [-0.15, -0.1) is 0 Å². The van der Waals surface area contributed by atoms with Crippen LogP contribution in [0.5, 0.6) is 5.75 Å². The molecule has 0 aromatic heterocycles. The summed E-state index contributed by atoms with van der Waals surface area (Å²) in [6.45, 7) is 4.66. The van der Waals surface area contributed by atoms with E-state index in [1.165, 1.54) is 23.3 Å². The first-order chi connectivity index (χ1) is 16.3. The third-order valence-corrected chi connectivity index (χ3v) is 8.99. The standard InChI is InChI=1S/C27H24N2O5/c1-25(2)26(17-9-5-3-6-10-17)20-16-23(24(20)27(25,26)18-11-7-4-8-12-18)34-22-14-13-19(28(30)31)15-21(22)29(32)33/h3-15,20,23-24H,16H2,1-2H3/t20-,23+,24+,26+,27-/m1/s1. The van der Waals surface area contributed by atoms with Gasteiger partial charge in [0.15, 0.2) is 5.75 Å². The van der Waals surface area contributed by atoms with Crippen molar-refractivity contribution < 1.29 is 14.6 Å². The van der Waals surface area contributed by atoms with Crippen LogP contribution in [0.1, 0.15) is 31.4 Å². The fourth-order valence-corrected chi connectivity index (χ4v) is 8.05. The van der Waals surface area contributed by atoms with Crippen molar-refractivity contribution in [1.29, 1.82) is 0 Å². The van der Waals surface area contributed by atoms with E-state index < -0.39 is 9.85 Å². The summed E-state index contributed by atoms with van der Waals surface area (Å²) in [6, 6.07) is 24.8. The largest absolute Gasteiger partial charge is 0.483 e. The van der Waals surface area contributed by atoms with Crippen LogP contribution in [0.25, 0.3) is 0 Å². The predicted octanol–water partition coefficient (Wildman–Crippen LogP) is 5.82. The zero-order valence-electron chi connectivity index (χ0n) is 18.9. The van der Waals surface area contributed by atoms with E-state index in [0.717, 1.165) is 12.5 Å². The Morgan fingerprint density at radius 2 is 1.41 bits per heavy atom. The molecule has 34 heavy (non-hydrogen) atoms. The van der Waals surface area contributed by atoms with Crippen LogP contribution < -0.4 is 4.74 Å². The number of hydrogen-bond donors (Lipinski definition) is 0. The Morgan fingerprint density at radius 3 is 1.97 bits per heavy atom. The van der Waals surface area contributed by atoms with Gasteiger partial charge in [-0.3, -0.25) is 20.2 Å². The minimum atomic E-state index is -0.632. The molecule has 0 bridgehead atoms. The van der Waals surface area contributed by atoms with Crippen LogP contribution in [0.15, 0.2) is 78.9 Å². The van der Waals surface area contributed by atoms with Crippen LogP contribution in [0.4, 0.5) is 11.4 Å². The Kier molecular flexibility index (Phi) is 4.08. The fraction of sp³-hybridized carbons (Fsp3) is 0.333. The summed E-state index contributed by atoms with van der Waals surface area (Å²) in [7, 11) is 0. The van der Waals surface area contributed by atoms with Crippen molar-refractivity contribution in [3.8, 4) is 5.75 Å². The van der Waals surface area contributed by atoms with Crippen molar-refractivity contribution in [2.75, 3.05) is 0 Å². The van der Waals surface area contributed by atoms with Gasteiger partial charge < -0.3 is 4.74 Å². The number of non-ortho nitro benzene ring substituents is 1. The lowest BCUT2D eigenvalue weighted by atomic mass is 9.43. The number of benzene rings is 3. The van der Waals surface area contributed by atoms with E-state index in [0.29, 0.717) is 5.92 Å². The van der Waals surface area contributed by atoms with Crippen LogP contribution >= 0.6 is 0 Å². The molecule has 0 spiro atoms. The first-order valence-corrected chi connectivity index (χ1v) is 11.5. The van der Waals surface area contributed by atoms with E-state index >= 15 is 0 Å². The van der Waals surface area contributed by atoms with Gasteiger partial charge in [-0.2, -0.15) is 0 Å². The van der Waals surface area contributed by atoms with Gasteiger partial charge in [-0.1, -0.05) is 74.5 Å². The zero-order chi connectivity index (χ0) is 23.9. The molecule has 5 atom stereocenters. The second kappa shape index (κ2) is 6.65. The highest BCUT2D eigenvalue weighted by atomic mass is 16.6. The molecule has 3 aromatic carbocycles. The average molecular weight is 456 g/mol. The van der Waals surface area contributed by atoms with Crippen LogP contribution in [-0.4, -0.2) is 16.0 Å². The minimum absolute atomic E-state index is 0.00541. The Labute approximate surface area is 196 Å². The molecule has 3 aliphatic carbocycles. The molecular formula is C27H24N2O5. The van der Waals surface area contributed by atoms with Gasteiger partial charge >= 0.3 is 5.69 Å². The number of fused-ring (bicyclic) bond motifs is 4. The molecule has 0 amide bonds. The van der Waals surface area contributed by atoms with Crippen molar-refractivity contribution in [3.05, 3.63) is 110 Å². The van der Waals surface area contributed by atoms with Gasteiger partial charge in [0, 0.05) is 22.8 Å². The highest BCUT2D eigenvalue weighted by molar-refractivity contribution is 5.66. The van der Waals surface area contributed by atoms with E-state index in [1.54, 1.807) is 0 Å². The van der Waals surface area contributed by atoms with Crippen molar-refractivity contribution in [2.45, 2.75) is 37.2 Å². The molecule has 7 heteroatoms. The molecule has 0 saturated heterocycles. The number of nitro benzene ring substituents is 2. The Bertz CT molecular complexity index is 1330. The molecule has 7 nitrogen and oxygen atoms in total. The summed E-state index contributed by atoms with van der Waals surface area (Å²) in [5.41, 5.74) is 1.77. The van der Waals surface area contributed by atoms with Crippen LogP contribution in [-0.2, 0) is 10.8 Å². The molecule has 0 unspecified atom stereocenters. The second-order valence-corrected chi connectivity index (χ2v) is 10.2. The first-order valence-electron chi connectivity index (χ1n) is 11.5. The first kappa shape index (κ1) is 20.8. The summed E-state index contributed by atoms with van der Waals surface area (Å²) in [5, 5.41) is 22.8. The molecule has 3 saturated carbocycles. The molecule has 0 N–H and O–H groups in total. The van der Waals surface area contributed by atoms with Crippen LogP contribution in [0, 0.1) is 37.5 Å². The van der Waals surface area contributed by atoms with Crippen molar-refractivity contribution in [2.24, 2.45) is 17.3 Å². The monoisotopic (exact) mass is 456 g/mol. The predicted molar refractivity (Wildman–Crippen MR) is 126 cm³/mol. The Morgan fingerprint density at radius 1 is 0.824 bits per heavy atom. The molecule has 3 fully saturated rings. The number of nitrogens with zero attached hydrogens (tertiary/aromatic N) is 2. The SMILES string of the molecule is CC1(C)[C@]2(c3ccccc3)[C@@H]3C[C@H](Oc4ccc([N+](=O)[O-])cc4[N+](=O)[O-])[C@H]3[C@]12c1ccccc1. The lowest BCUT2D eigenvalue weighted by Gasteiger charge is -2.62. The number of ether oxygens (including phenoxy) is 1. The summed E-state index contributed by atoms with van der Waals surface area (Å²) in [4.78, 5) is 21.5.